The molecule has 0 amide bonds. The van der Waals surface area contributed by atoms with Gasteiger partial charge in [0.25, 0.3) is 0 Å². The van der Waals surface area contributed by atoms with Gasteiger partial charge in [0.15, 0.2) is 0 Å². The zero-order valence-electron chi connectivity index (χ0n) is 9.27. The first-order chi connectivity index (χ1) is 7.79. The molecule has 0 unspecified atom stereocenters. The lowest BCUT2D eigenvalue weighted by molar-refractivity contribution is 0.0494. The number of aromatic nitrogens is 1. The van der Waals surface area contributed by atoms with Crippen molar-refractivity contribution in [2.45, 2.75) is 0 Å². The molecule has 0 radical (unpaired) electrons. The van der Waals surface area contributed by atoms with E-state index in [9.17, 15) is 0 Å². The summed E-state index contributed by atoms with van der Waals surface area (Å²) in [5.41, 5.74) is 9.41. The molecular weight excluding hydrogens is 208 g/mol. The Labute approximate surface area is 94.3 Å². The number of hydrazine groups is 1. The second-order valence-corrected chi connectivity index (χ2v) is 3.51. The largest absolute Gasteiger partial charge is 0.479 e. The predicted molar refractivity (Wildman–Crippen MR) is 61.2 cm³/mol. The standard InChI is InChI=1S/C10H16N4O2/c1-15-10-8(11)2-3-9(12-10)13-14-4-6-16-7-5-14/h2-3H,4-7,11H2,1H3,(H,12,13). The number of ether oxygens (including phenoxy) is 2. The first-order valence-electron chi connectivity index (χ1n) is 5.19. The molecule has 3 N–H and O–H groups in total. The number of morpholine rings is 1. The summed E-state index contributed by atoms with van der Waals surface area (Å²) in [5.74, 6) is 1.17. The van der Waals surface area contributed by atoms with Crippen LogP contribution in [0.5, 0.6) is 5.88 Å². The maximum atomic E-state index is 5.68. The van der Waals surface area contributed by atoms with Gasteiger partial charge in [0, 0.05) is 13.1 Å². The van der Waals surface area contributed by atoms with E-state index in [4.69, 9.17) is 15.2 Å². The number of hydrogen-bond donors (Lipinski definition) is 2. The number of nitrogens with one attached hydrogen (secondary N) is 1. The Balaban J connectivity index is 2.03. The van der Waals surface area contributed by atoms with Gasteiger partial charge in [-0.25, -0.2) is 5.01 Å². The number of nitrogens with two attached hydrogens (primary N) is 1. The van der Waals surface area contributed by atoms with Crippen LogP contribution in [0.25, 0.3) is 0 Å². The quantitative estimate of drug-likeness (QED) is 0.771. The van der Waals surface area contributed by atoms with Crippen LogP contribution >= 0.6 is 0 Å². The fraction of sp³-hybridized carbons (Fsp3) is 0.500. The van der Waals surface area contributed by atoms with Gasteiger partial charge in [-0.05, 0) is 12.1 Å². The smallest absolute Gasteiger partial charge is 0.238 e. The molecule has 0 saturated carbocycles. The molecule has 1 saturated heterocycles. The number of hydrogen-bond acceptors (Lipinski definition) is 6. The van der Waals surface area contributed by atoms with E-state index in [0.717, 1.165) is 32.1 Å². The van der Waals surface area contributed by atoms with Crippen LogP contribution in [0, 0.1) is 0 Å². The van der Waals surface area contributed by atoms with Crippen LogP contribution in [0.2, 0.25) is 0 Å². The summed E-state index contributed by atoms with van der Waals surface area (Å²) in [6.07, 6.45) is 0. The van der Waals surface area contributed by atoms with Crippen molar-refractivity contribution in [1.29, 1.82) is 0 Å². The molecular formula is C10H16N4O2. The fourth-order valence-corrected chi connectivity index (χ4v) is 1.51. The van der Waals surface area contributed by atoms with Crippen molar-refractivity contribution in [2.75, 3.05) is 44.6 Å². The van der Waals surface area contributed by atoms with Crippen molar-refractivity contribution in [1.82, 2.24) is 9.99 Å². The molecule has 0 spiro atoms. The average molecular weight is 224 g/mol. The van der Waals surface area contributed by atoms with E-state index in [2.05, 4.69) is 15.4 Å². The average Bonchev–Trinajstić information content (AvgIpc) is 2.33. The molecule has 6 nitrogen and oxygen atoms in total. The molecule has 0 aliphatic carbocycles. The van der Waals surface area contributed by atoms with Crippen molar-refractivity contribution in [3.8, 4) is 5.88 Å². The Kier molecular flexibility index (Phi) is 3.43. The van der Waals surface area contributed by atoms with Gasteiger partial charge in [-0.15, -0.1) is 0 Å². The highest BCUT2D eigenvalue weighted by molar-refractivity contribution is 5.53. The molecule has 1 aromatic heterocycles. The van der Waals surface area contributed by atoms with Crippen molar-refractivity contribution < 1.29 is 9.47 Å². The minimum atomic E-state index is 0.443. The summed E-state index contributed by atoms with van der Waals surface area (Å²) in [5, 5.41) is 2.06. The maximum absolute atomic E-state index is 5.68. The third kappa shape index (κ3) is 2.53. The van der Waals surface area contributed by atoms with Gasteiger partial charge < -0.3 is 20.6 Å². The normalized spacial score (nSPS) is 17.1. The van der Waals surface area contributed by atoms with Gasteiger partial charge in [-0.1, -0.05) is 0 Å². The van der Waals surface area contributed by atoms with Crippen molar-refractivity contribution in [3.05, 3.63) is 12.1 Å². The summed E-state index contributed by atoms with van der Waals surface area (Å²) in [6.45, 7) is 3.15. The summed E-state index contributed by atoms with van der Waals surface area (Å²) in [7, 11) is 1.55. The zero-order valence-corrected chi connectivity index (χ0v) is 9.27. The minimum absolute atomic E-state index is 0.443. The molecule has 0 bridgehead atoms. The topological polar surface area (TPSA) is 72.6 Å². The van der Waals surface area contributed by atoms with Crippen LogP contribution in [0.15, 0.2) is 12.1 Å². The van der Waals surface area contributed by atoms with E-state index in [-0.39, 0.29) is 0 Å². The van der Waals surface area contributed by atoms with Crippen LogP contribution in [0.4, 0.5) is 11.5 Å². The highest BCUT2D eigenvalue weighted by Crippen LogP contribution is 2.20. The van der Waals surface area contributed by atoms with Crippen molar-refractivity contribution in [3.63, 3.8) is 0 Å². The summed E-state index contributed by atoms with van der Waals surface area (Å²) < 4.78 is 10.3. The number of anilines is 2. The maximum Gasteiger partial charge on any atom is 0.238 e. The molecule has 1 fully saturated rings. The van der Waals surface area contributed by atoms with Crippen LogP contribution < -0.4 is 15.9 Å². The van der Waals surface area contributed by atoms with Gasteiger partial charge in [0.2, 0.25) is 5.88 Å². The SMILES string of the molecule is COc1nc(NN2CCOCC2)ccc1N. The molecule has 2 heterocycles. The molecule has 88 valence electrons. The lowest BCUT2D eigenvalue weighted by Gasteiger charge is -2.27. The first kappa shape index (κ1) is 11.0. The summed E-state index contributed by atoms with van der Waals surface area (Å²) in [4.78, 5) is 4.24. The highest BCUT2D eigenvalue weighted by Gasteiger charge is 2.11. The molecule has 1 aromatic rings. The fourth-order valence-electron chi connectivity index (χ4n) is 1.51. The van der Waals surface area contributed by atoms with E-state index in [1.165, 1.54) is 0 Å². The van der Waals surface area contributed by atoms with Gasteiger partial charge in [0.05, 0.1) is 26.0 Å². The molecule has 0 atom stereocenters. The molecule has 0 aromatic carbocycles. The highest BCUT2D eigenvalue weighted by atomic mass is 16.5. The van der Waals surface area contributed by atoms with E-state index in [1.807, 2.05) is 6.07 Å². The lowest BCUT2D eigenvalue weighted by atomic mass is 10.4. The van der Waals surface area contributed by atoms with Crippen LogP contribution in [-0.4, -0.2) is 43.4 Å². The van der Waals surface area contributed by atoms with E-state index < -0.39 is 0 Å². The van der Waals surface area contributed by atoms with Gasteiger partial charge in [0.1, 0.15) is 5.82 Å². The zero-order chi connectivity index (χ0) is 11.4. The second kappa shape index (κ2) is 5.00. The van der Waals surface area contributed by atoms with Crippen LogP contribution in [0.1, 0.15) is 0 Å². The number of methoxy groups -OCH3 is 1. The van der Waals surface area contributed by atoms with Gasteiger partial charge in [-0.3, -0.25) is 0 Å². The Morgan fingerprint density at radius 2 is 2.19 bits per heavy atom. The third-order valence-electron chi connectivity index (χ3n) is 2.37. The van der Waals surface area contributed by atoms with E-state index >= 15 is 0 Å². The molecule has 16 heavy (non-hydrogen) atoms. The summed E-state index contributed by atoms with van der Waals surface area (Å²) in [6, 6.07) is 3.60. The molecule has 1 aliphatic heterocycles. The second-order valence-electron chi connectivity index (χ2n) is 3.51. The van der Waals surface area contributed by atoms with Gasteiger partial charge >= 0.3 is 0 Å². The first-order valence-corrected chi connectivity index (χ1v) is 5.19. The predicted octanol–water partition coefficient (Wildman–Crippen LogP) is 0.331. The van der Waals surface area contributed by atoms with Crippen molar-refractivity contribution in [2.24, 2.45) is 0 Å². The van der Waals surface area contributed by atoms with Crippen molar-refractivity contribution >= 4 is 11.5 Å². The van der Waals surface area contributed by atoms with E-state index in [0.29, 0.717) is 11.6 Å². The van der Waals surface area contributed by atoms with Crippen LogP contribution in [-0.2, 0) is 4.74 Å². The number of pyridine rings is 1. The Bertz CT molecular complexity index is 353. The van der Waals surface area contributed by atoms with E-state index in [1.54, 1.807) is 13.2 Å². The monoisotopic (exact) mass is 224 g/mol. The third-order valence-corrected chi connectivity index (χ3v) is 2.37. The Morgan fingerprint density at radius 3 is 2.88 bits per heavy atom. The number of nitrogen functional groups attached to an aromatic ring is 1. The molecule has 6 heteroatoms. The number of nitrogens with zero attached hydrogens (tertiary/aromatic N) is 2. The Hall–Kier alpha value is -1.53. The molecule has 2 rings (SSSR count). The lowest BCUT2D eigenvalue weighted by Crippen LogP contribution is -2.40. The molecule has 1 aliphatic rings. The summed E-state index contributed by atoms with van der Waals surface area (Å²) >= 11 is 0. The Morgan fingerprint density at radius 1 is 1.44 bits per heavy atom. The van der Waals surface area contributed by atoms with Crippen LogP contribution in [0.3, 0.4) is 0 Å². The van der Waals surface area contributed by atoms with Gasteiger partial charge in [-0.2, -0.15) is 4.98 Å². The minimum Gasteiger partial charge on any atom is -0.479 e. The number of rotatable bonds is 3.